The molecule has 0 bridgehead atoms. The van der Waals surface area contributed by atoms with E-state index in [4.69, 9.17) is 0 Å². The molecule has 1 saturated carbocycles. The van der Waals surface area contributed by atoms with E-state index in [9.17, 15) is 13.6 Å². The molecular formula is C30H31F2NOS. The second-order valence-corrected chi connectivity index (χ2v) is 10.1. The van der Waals surface area contributed by atoms with Crippen LogP contribution in [0.25, 0.3) is 15.7 Å². The van der Waals surface area contributed by atoms with Crippen LogP contribution in [0.15, 0.2) is 67.3 Å². The van der Waals surface area contributed by atoms with Crippen molar-refractivity contribution in [3.05, 3.63) is 100 Å². The summed E-state index contributed by atoms with van der Waals surface area (Å²) in [6.45, 7) is 7.97. The number of allylic oxidation sites excluding steroid dienone is 5. The Bertz CT molecular complexity index is 1300. The van der Waals surface area contributed by atoms with Gasteiger partial charge in [0.25, 0.3) is 5.91 Å². The Balaban J connectivity index is 1.73. The van der Waals surface area contributed by atoms with Crippen LogP contribution in [0.1, 0.15) is 65.4 Å². The van der Waals surface area contributed by atoms with E-state index in [1.165, 1.54) is 6.42 Å². The van der Waals surface area contributed by atoms with Gasteiger partial charge in [-0.3, -0.25) is 4.79 Å². The van der Waals surface area contributed by atoms with Crippen molar-refractivity contribution >= 4 is 32.9 Å². The van der Waals surface area contributed by atoms with Gasteiger partial charge in [0.2, 0.25) is 0 Å². The fourth-order valence-electron chi connectivity index (χ4n) is 4.97. The van der Waals surface area contributed by atoms with Gasteiger partial charge >= 0.3 is 0 Å². The summed E-state index contributed by atoms with van der Waals surface area (Å²) in [5.74, 6) is -1.12. The van der Waals surface area contributed by atoms with Crippen LogP contribution < -0.4 is 0 Å². The molecule has 0 saturated heterocycles. The van der Waals surface area contributed by atoms with E-state index in [1.807, 2.05) is 48.3 Å². The van der Waals surface area contributed by atoms with Crippen molar-refractivity contribution in [2.24, 2.45) is 0 Å². The third-order valence-electron chi connectivity index (χ3n) is 6.71. The van der Waals surface area contributed by atoms with Crippen LogP contribution in [0.3, 0.4) is 0 Å². The first-order valence-corrected chi connectivity index (χ1v) is 13.0. The van der Waals surface area contributed by atoms with Gasteiger partial charge in [0.05, 0.1) is 9.58 Å². The molecule has 0 spiro atoms. The molecule has 0 atom stereocenters. The predicted molar refractivity (Wildman–Crippen MR) is 143 cm³/mol. The average Bonchev–Trinajstić information content (AvgIpc) is 3.23. The molecule has 5 heteroatoms. The van der Waals surface area contributed by atoms with Crippen LogP contribution in [-0.2, 0) is 6.54 Å². The first kappa shape index (κ1) is 25.1. The van der Waals surface area contributed by atoms with Crippen LogP contribution in [0.4, 0.5) is 8.78 Å². The van der Waals surface area contributed by atoms with E-state index in [-0.39, 0.29) is 22.0 Å². The Kier molecular flexibility index (Phi) is 7.97. The monoisotopic (exact) mass is 491 g/mol. The standard InChI is InChI=1S/C30H31F2NOS/c1-4-10-22(11-5-2)23-13-9-12-21(18-23)19-33(24-14-7-6-8-15-24)30(34)28-20(3)27-25(31)16-17-26(32)29(27)35-28/h4-5,9-13,16-18,24H,1,6-8,14-15,19H2,2-3H3/b11-5-,22-10+. The highest BCUT2D eigenvalue weighted by molar-refractivity contribution is 7.21. The molecule has 2 aromatic carbocycles. The quantitative estimate of drug-likeness (QED) is 0.303. The summed E-state index contributed by atoms with van der Waals surface area (Å²) in [7, 11) is 0. The smallest absolute Gasteiger partial charge is 0.264 e. The van der Waals surface area contributed by atoms with Crippen molar-refractivity contribution in [2.45, 2.75) is 58.5 Å². The lowest BCUT2D eigenvalue weighted by atomic mass is 9.93. The Labute approximate surface area is 210 Å². The maximum atomic E-state index is 14.5. The van der Waals surface area contributed by atoms with E-state index in [0.717, 1.165) is 65.9 Å². The van der Waals surface area contributed by atoms with Gasteiger partial charge in [-0.15, -0.1) is 11.3 Å². The Morgan fingerprint density at radius 1 is 1.14 bits per heavy atom. The minimum Gasteiger partial charge on any atom is -0.331 e. The molecule has 0 radical (unpaired) electrons. The number of aryl methyl sites for hydroxylation is 1. The van der Waals surface area contributed by atoms with Gasteiger partial charge in [0, 0.05) is 18.0 Å². The average molecular weight is 492 g/mol. The second-order valence-electron chi connectivity index (χ2n) is 9.07. The lowest BCUT2D eigenvalue weighted by molar-refractivity contribution is 0.0618. The molecule has 0 aliphatic heterocycles. The zero-order valence-electron chi connectivity index (χ0n) is 20.3. The minimum absolute atomic E-state index is 0.109. The van der Waals surface area contributed by atoms with Gasteiger partial charge < -0.3 is 4.90 Å². The zero-order valence-corrected chi connectivity index (χ0v) is 21.1. The van der Waals surface area contributed by atoms with Crippen LogP contribution in [0.2, 0.25) is 0 Å². The Morgan fingerprint density at radius 3 is 2.57 bits per heavy atom. The first-order chi connectivity index (χ1) is 16.9. The van der Waals surface area contributed by atoms with Crippen molar-refractivity contribution in [1.29, 1.82) is 0 Å². The third-order valence-corrected chi connectivity index (χ3v) is 7.99. The van der Waals surface area contributed by atoms with Gasteiger partial charge in [-0.1, -0.05) is 68.3 Å². The zero-order chi connectivity index (χ0) is 24.9. The van der Waals surface area contributed by atoms with Crippen LogP contribution in [0, 0.1) is 18.6 Å². The summed E-state index contributed by atoms with van der Waals surface area (Å²) in [4.78, 5) is 16.3. The lowest BCUT2D eigenvalue weighted by Crippen LogP contribution is -2.40. The number of carbonyl (C=O) groups is 1. The molecule has 1 fully saturated rings. The lowest BCUT2D eigenvalue weighted by Gasteiger charge is -2.34. The van der Waals surface area contributed by atoms with E-state index >= 15 is 0 Å². The fourth-order valence-corrected chi connectivity index (χ4v) is 6.15. The number of rotatable bonds is 7. The molecule has 4 rings (SSSR count). The van der Waals surface area contributed by atoms with Crippen LogP contribution in [0.5, 0.6) is 0 Å². The van der Waals surface area contributed by atoms with Crippen LogP contribution in [-0.4, -0.2) is 16.8 Å². The largest absolute Gasteiger partial charge is 0.331 e. The molecular weight excluding hydrogens is 460 g/mol. The highest BCUT2D eigenvalue weighted by atomic mass is 32.1. The minimum atomic E-state index is -0.490. The summed E-state index contributed by atoms with van der Waals surface area (Å²) >= 11 is 1.06. The first-order valence-electron chi connectivity index (χ1n) is 12.2. The molecule has 1 amide bonds. The van der Waals surface area contributed by atoms with E-state index in [1.54, 1.807) is 13.0 Å². The number of hydrogen-bond donors (Lipinski definition) is 0. The molecule has 2 nitrogen and oxygen atoms in total. The van der Waals surface area contributed by atoms with E-state index in [0.29, 0.717) is 17.0 Å². The highest BCUT2D eigenvalue weighted by Crippen LogP contribution is 2.37. The van der Waals surface area contributed by atoms with Crippen molar-refractivity contribution in [2.75, 3.05) is 0 Å². The molecule has 1 aromatic heterocycles. The normalized spacial score (nSPS) is 15.1. The molecule has 0 N–H and O–H groups in total. The molecule has 0 unspecified atom stereocenters. The van der Waals surface area contributed by atoms with Crippen molar-refractivity contribution in [1.82, 2.24) is 4.90 Å². The van der Waals surface area contributed by atoms with Gasteiger partial charge in [-0.25, -0.2) is 8.78 Å². The van der Waals surface area contributed by atoms with E-state index < -0.39 is 11.6 Å². The van der Waals surface area contributed by atoms with Gasteiger partial charge in [-0.2, -0.15) is 0 Å². The molecule has 1 aliphatic carbocycles. The number of hydrogen-bond acceptors (Lipinski definition) is 2. The molecule has 1 aliphatic rings. The maximum absolute atomic E-state index is 14.5. The number of thiophene rings is 1. The maximum Gasteiger partial charge on any atom is 0.264 e. The van der Waals surface area contributed by atoms with Crippen molar-refractivity contribution < 1.29 is 13.6 Å². The summed E-state index contributed by atoms with van der Waals surface area (Å²) in [5, 5.41) is 0.217. The highest BCUT2D eigenvalue weighted by Gasteiger charge is 2.30. The van der Waals surface area contributed by atoms with Crippen LogP contribution >= 0.6 is 11.3 Å². The topological polar surface area (TPSA) is 20.3 Å². The van der Waals surface area contributed by atoms with Crippen molar-refractivity contribution in [3.63, 3.8) is 0 Å². The summed E-state index contributed by atoms with van der Waals surface area (Å²) in [5.41, 5.74) is 3.65. The SMILES string of the molecule is C=C/C=C(\C=C/C)c1cccc(CN(C(=O)c2sc3c(F)ccc(F)c3c2C)C2CCCCC2)c1. The van der Waals surface area contributed by atoms with Gasteiger partial charge in [0.15, 0.2) is 0 Å². The van der Waals surface area contributed by atoms with Gasteiger partial charge in [-0.05, 0) is 67.2 Å². The Hall–Kier alpha value is -3.05. The summed E-state index contributed by atoms with van der Waals surface area (Å²) in [6.07, 6.45) is 13.0. The second kappa shape index (κ2) is 11.1. The summed E-state index contributed by atoms with van der Waals surface area (Å²) in [6, 6.07) is 10.6. The third kappa shape index (κ3) is 5.30. The number of benzene rings is 2. The molecule has 3 aromatic rings. The predicted octanol–water partition coefficient (Wildman–Crippen LogP) is 8.61. The number of halogens is 2. The number of nitrogens with zero attached hydrogens (tertiary/aromatic N) is 1. The molecule has 35 heavy (non-hydrogen) atoms. The Morgan fingerprint density at radius 2 is 1.89 bits per heavy atom. The van der Waals surface area contributed by atoms with Gasteiger partial charge in [0.1, 0.15) is 11.6 Å². The fraction of sp³-hybridized carbons (Fsp3) is 0.300. The van der Waals surface area contributed by atoms with E-state index in [2.05, 4.69) is 12.6 Å². The summed E-state index contributed by atoms with van der Waals surface area (Å²) < 4.78 is 29.2. The number of fused-ring (bicyclic) bond motifs is 1. The molecule has 1 heterocycles. The van der Waals surface area contributed by atoms with Crippen molar-refractivity contribution in [3.8, 4) is 0 Å². The number of carbonyl (C=O) groups excluding carboxylic acids is 1. The molecule has 182 valence electrons. The number of amides is 1.